The zero-order chi connectivity index (χ0) is 18.8. The Balaban J connectivity index is 1.73. The smallest absolute Gasteiger partial charge is 0.363 e. The van der Waals surface area contributed by atoms with E-state index >= 15 is 0 Å². The molecule has 4 rings (SSSR count). The number of cyclic esters (lactones) is 1. The van der Waals surface area contributed by atoms with Gasteiger partial charge in [-0.25, -0.2) is 9.79 Å². The van der Waals surface area contributed by atoms with Gasteiger partial charge in [-0.2, -0.15) is 0 Å². The fourth-order valence-electron chi connectivity index (χ4n) is 3.03. The minimum atomic E-state index is -0.497. The lowest BCUT2D eigenvalue weighted by Crippen LogP contribution is -2.05. The number of aliphatic imine (C=N–C) groups is 1. The van der Waals surface area contributed by atoms with Crippen molar-refractivity contribution in [2.75, 3.05) is 14.2 Å². The van der Waals surface area contributed by atoms with Gasteiger partial charge < -0.3 is 14.2 Å². The summed E-state index contributed by atoms with van der Waals surface area (Å²) in [5.41, 5.74) is 1.65. The van der Waals surface area contributed by atoms with E-state index in [1.807, 2.05) is 54.6 Å². The quantitative estimate of drug-likeness (QED) is 0.517. The van der Waals surface area contributed by atoms with E-state index < -0.39 is 5.97 Å². The van der Waals surface area contributed by atoms with Gasteiger partial charge in [0.15, 0.2) is 17.2 Å². The first kappa shape index (κ1) is 16.8. The lowest BCUT2D eigenvalue weighted by molar-refractivity contribution is -0.129. The van der Waals surface area contributed by atoms with Crippen LogP contribution < -0.4 is 9.47 Å². The molecule has 1 aliphatic rings. The van der Waals surface area contributed by atoms with Crippen LogP contribution in [-0.4, -0.2) is 26.1 Å². The average Bonchev–Trinajstić information content (AvgIpc) is 3.07. The highest BCUT2D eigenvalue weighted by Crippen LogP contribution is 2.33. The topological polar surface area (TPSA) is 57.1 Å². The van der Waals surface area contributed by atoms with Crippen molar-refractivity contribution in [3.8, 4) is 11.5 Å². The molecule has 0 saturated carbocycles. The highest BCUT2D eigenvalue weighted by Gasteiger charge is 2.25. The van der Waals surface area contributed by atoms with Gasteiger partial charge in [0.25, 0.3) is 0 Å². The van der Waals surface area contributed by atoms with Crippen molar-refractivity contribution in [2.45, 2.75) is 0 Å². The minimum absolute atomic E-state index is 0.213. The highest BCUT2D eigenvalue weighted by atomic mass is 16.6. The summed E-state index contributed by atoms with van der Waals surface area (Å²) < 4.78 is 16.1. The lowest BCUT2D eigenvalue weighted by Gasteiger charge is -2.09. The number of ether oxygens (including phenoxy) is 3. The third-order valence-corrected chi connectivity index (χ3v) is 4.34. The van der Waals surface area contributed by atoms with Crippen molar-refractivity contribution < 1.29 is 19.0 Å². The maximum atomic E-state index is 12.3. The van der Waals surface area contributed by atoms with Crippen LogP contribution in [0.25, 0.3) is 16.8 Å². The van der Waals surface area contributed by atoms with Gasteiger partial charge in [-0.15, -0.1) is 0 Å². The Morgan fingerprint density at radius 3 is 2.52 bits per heavy atom. The molecule has 0 N–H and O–H groups in total. The van der Waals surface area contributed by atoms with E-state index in [0.29, 0.717) is 23.0 Å². The van der Waals surface area contributed by atoms with Crippen LogP contribution in [0.2, 0.25) is 0 Å². The largest absolute Gasteiger partial charge is 0.493 e. The van der Waals surface area contributed by atoms with E-state index in [9.17, 15) is 4.79 Å². The molecule has 0 saturated heterocycles. The Hall–Kier alpha value is -3.60. The molecule has 0 aliphatic carbocycles. The number of benzene rings is 3. The fourth-order valence-corrected chi connectivity index (χ4v) is 3.03. The summed E-state index contributed by atoms with van der Waals surface area (Å²) in [4.78, 5) is 16.7. The van der Waals surface area contributed by atoms with Crippen molar-refractivity contribution in [3.63, 3.8) is 0 Å². The number of fused-ring (bicyclic) bond motifs is 1. The monoisotopic (exact) mass is 359 g/mol. The Kier molecular flexibility index (Phi) is 4.34. The third kappa shape index (κ3) is 3.15. The Labute approximate surface area is 156 Å². The van der Waals surface area contributed by atoms with Crippen LogP contribution in [0.5, 0.6) is 11.5 Å². The number of rotatable bonds is 4. The van der Waals surface area contributed by atoms with Gasteiger partial charge in [-0.05, 0) is 35.0 Å². The lowest BCUT2D eigenvalue weighted by atomic mass is 10.1. The van der Waals surface area contributed by atoms with Crippen molar-refractivity contribution >= 4 is 28.7 Å². The van der Waals surface area contributed by atoms with Crippen LogP contribution in [0.3, 0.4) is 0 Å². The van der Waals surface area contributed by atoms with Gasteiger partial charge in [0.05, 0.1) is 14.2 Å². The second-order valence-electron chi connectivity index (χ2n) is 5.98. The van der Waals surface area contributed by atoms with Crippen LogP contribution in [0.1, 0.15) is 11.1 Å². The van der Waals surface area contributed by atoms with Gasteiger partial charge in [-0.1, -0.05) is 42.5 Å². The predicted octanol–water partition coefficient (Wildman–Crippen LogP) is 4.20. The van der Waals surface area contributed by atoms with Gasteiger partial charge in [-0.3, -0.25) is 0 Å². The molecule has 3 aromatic rings. The maximum absolute atomic E-state index is 12.3. The maximum Gasteiger partial charge on any atom is 0.363 e. The standard InChI is InChI=1S/C22H17NO4/c1-25-19-9-5-8-16(20(19)26-2)13-18-22(24)27-21(23-18)17-11-10-14-6-3-4-7-15(14)12-17/h3-13H,1-2H3. The second kappa shape index (κ2) is 6.96. The van der Waals surface area contributed by atoms with Crippen molar-refractivity contribution in [2.24, 2.45) is 4.99 Å². The molecule has 1 aliphatic heterocycles. The second-order valence-corrected chi connectivity index (χ2v) is 5.98. The molecule has 0 amide bonds. The molecule has 134 valence electrons. The Morgan fingerprint density at radius 1 is 0.926 bits per heavy atom. The van der Waals surface area contributed by atoms with Crippen LogP contribution >= 0.6 is 0 Å². The molecular weight excluding hydrogens is 342 g/mol. The molecule has 27 heavy (non-hydrogen) atoms. The summed E-state index contributed by atoms with van der Waals surface area (Å²) in [5, 5.41) is 2.17. The van der Waals surface area contributed by atoms with E-state index in [4.69, 9.17) is 14.2 Å². The summed E-state index contributed by atoms with van der Waals surface area (Å²) in [7, 11) is 3.12. The number of esters is 1. The van der Waals surface area contributed by atoms with Crippen molar-refractivity contribution in [1.82, 2.24) is 0 Å². The first-order valence-corrected chi connectivity index (χ1v) is 8.42. The SMILES string of the molecule is COc1cccc(C=C2N=C(c3ccc4ccccc4c3)OC2=O)c1OC. The minimum Gasteiger partial charge on any atom is -0.493 e. The van der Waals surface area contributed by atoms with Crippen LogP contribution in [-0.2, 0) is 9.53 Å². The first-order chi connectivity index (χ1) is 13.2. The van der Waals surface area contributed by atoms with E-state index in [1.54, 1.807) is 26.4 Å². The Morgan fingerprint density at radius 2 is 1.74 bits per heavy atom. The molecular formula is C22H17NO4. The zero-order valence-corrected chi connectivity index (χ0v) is 14.9. The highest BCUT2D eigenvalue weighted by molar-refractivity contribution is 6.13. The number of methoxy groups -OCH3 is 2. The number of carbonyl (C=O) groups excluding carboxylic acids is 1. The Bertz CT molecular complexity index is 1100. The van der Waals surface area contributed by atoms with E-state index in [0.717, 1.165) is 16.3 Å². The molecule has 0 radical (unpaired) electrons. The third-order valence-electron chi connectivity index (χ3n) is 4.34. The molecule has 0 spiro atoms. The average molecular weight is 359 g/mol. The first-order valence-electron chi connectivity index (χ1n) is 8.42. The van der Waals surface area contributed by atoms with Crippen LogP contribution in [0.15, 0.2) is 71.4 Å². The van der Waals surface area contributed by atoms with E-state index in [-0.39, 0.29) is 5.70 Å². The summed E-state index contributed by atoms with van der Waals surface area (Å²) in [6.07, 6.45) is 1.64. The number of para-hydroxylation sites is 1. The van der Waals surface area contributed by atoms with E-state index in [1.165, 1.54) is 0 Å². The number of hydrogen-bond donors (Lipinski definition) is 0. The zero-order valence-electron chi connectivity index (χ0n) is 14.9. The molecule has 5 nitrogen and oxygen atoms in total. The van der Waals surface area contributed by atoms with Gasteiger partial charge in [0.2, 0.25) is 5.90 Å². The summed E-state index contributed by atoms with van der Waals surface area (Å²) in [5.74, 6) is 0.911. The van der Waals surface area contributed by atoms with E-state index in [2.05, 4.69) is 4.99 Å². The number of carbonyl (C=O) groups is 1. The summed E-state index contributed by atoms with van der Waals surface area (Å²) in [6, 6.07) is 19.3. The molecule has 1 heterocycles. The van der Waals surface area contributed by atoms with Crippen molar-refractivity contribution in [3.05, 3.63) is 77.5 Å². The number of hydrogen-bond acceptors (Lipinski definition) is 5. The molecule has 0 unspecified atom stereocenters. The molecule has 5 heteroatoms. The molecule has 0 bridgehead atoms. The number of nitrogens with zero attached hydrogens (tertiary/aromatic N) is 1. The molecule has 0 fully saturated rings. The molecule has 3 aromatic carbocycles. The predicted molar refractivity (Wildman–Crippen MR) is 104 cm³/mol. The van der Waals surface area contributed by atoms with Crippen LogP contribution in [0, 0.1) is 0 Å². The van der Waals surface area contributed by atoms with Crippen molar-refractivity contribution in [1.29, 1.82) is 0 Å². The molecule has 0 atom stereocenters. The molecule has 0 aromatic heterocycles. The van der Waals surface area contributed by atoms with Crippen LogP contribution in [0.4, 0.5) is 0 Å². The fraction of sp³-hybridized carbons (Fsp3) is 0.0909. The summed E-state index contributed by atoms with van der Waals surface area (Å²) in [6.45, 7) is 0. The van der Waals surface area contributed by atoms with Gasteiger partial charge in [0, 0.05) is 11.1 Å². The van der Waals surface area contributed by atoms with Gasteiger partial charge >= 0.3 is 5.97 Å². The van der Waals surface area contributed by atoms with Gasteiger partial charge in [0.1, 0.15) is 0 Å². The normalized spacial score (nSPS) is 15.0. The summed E-state index contributed by atoms with van der Waals surface area (Å²) >= 11 is 0.